The fourth-order valence-corrected chi connectivity index (χ4v) is 5.57. The van der Waals surface area contributed by atoms with Crippen LogP contribution in [0.1, 0.15) is 26.3 Å². The largest absolute Gasteiger partial charge is 0.497 e. The van der Waals surface area contributed by atoms with Gasteiger partial charge in [0.2, 0.25) is 11.8 Å². The second-order valence-corrected chi connectivity index (χ2v) is 12.4. The molecule has 0 heterocycles. The van der Waals surface area contributed by atoms with Crippen molar-refractivity contribution >= 4 is 50.7 Å². The Kier molecular flexibility index (Phi) is 10.8. The van der Waals surface area contributed by atoms with Gasteiger partial charge in [0.25, 0.3) is 10.0 Å². The highest BCUT2D eigenvalue weighted by Gasteiger charge is 2.32. The molecule has 214 valence electrons. The molecule has 2 amide bonds. The van der Waals surface area contributed by atoms with Gasteiger partial charge in [-0.25, -0.2) is 8.42 Å². The van der Waals surface area contributed by atoms with Crippen LogP contribution in [0.4, 0.5) is 5.69 Å². The number of nitrogens with one attached hydrogen (secondary N) is 1. The first-order valence-electron chi connectivity index (χ1n) is 12.7. The molecular weight excluding hydrogens is 573 g/mol. The highest BCUT2D eigenvalue weighted by molar-refractivity contribution is 7.92. The van der Waals surface area contributed by atoms with E-state index in [1.165, 1.54) is 42.3 Å². The van der Waals surface area contributed by atoms with Gasteiger partial charge in [0.15, 0.2) is 0 Å². The number of amides is 2. The number of halogens is 2. The lowest BCUT2D eigenvalue weighted by Crippen LogP contribution is -2.51. The van der Waals surface area contributed by atoms with E-state index in [9.17, 15) is 18.0 Å². The van der Waals surface area contributed by atoms with Crippen LogP contribution in [-0.2, 0) is 26.2 Å². The number of carbonyl (C=O) groups is 2. The van der Waals surface area contributed by atoms with Crippen molar-refractivity contribution in [2.45, 2.75) is 38.3 Å². The molecule has 0 unspecified atom stereocenters. The molecule has 0 bridgehead atoms. The van der Waals surface area contributed by atoms with E-state index in [0.717, 1.165) is 9.87 Å². The summed E-state index contributed by atoms with van der Waals surface area (Å²) in [6.07, 6.45) is 0. The Balaban J connectivity index is 2.01. The van der Waals surface area contributed by atoms with Gasteiger partial charge in [0, 0.05) is 23.1 Å². The molecule has 0 saturated heterocycles. The van der Waals surface area contributed by atoms with Crippen molar-refractivity contribution in [2.75, 3.05) is 24.5 Å². The van der Waals surface area contributed by atoms with Crippen LogP contribution in [-0.4, -0.2) is 51.4 Å². The molecule has 40 heavy (non-hydrogen) atoms. The first kappa shape index (κ1) is 31.3. The zero-order valence-corrected chi connectivity index (χ0v) is 25.1. The van der Waals surface area contributed by atoms with Gasteiger partial charge in [-0.3, -0.25) is 13.9 Å². The van der Waals surface area contributed by atoms with Crippen molar-refractivity contribution in [1.82, 2.24) is 10.2 Å². The first-order valence-corrected chi connectivity index (χ1v) is 14.9. The maximum absolute atomic E-state index is 13.9. The fourth-order valence-electron chi connectivity index (χ4n) is 3.86. The van der Waals surface area contributed by atoms with Crippen LogP contribution in [0.5, 0.6) is 5.75 Å². The summed E-state index contributed by atoms with van der Waals surface area (Å²) in [4.78, 5) is 28.3. The highest BCUT2D eigenvalue weighted by atomic mass is 35.5. The maximum Gasteiger partial charge on any atom is 0.264 e. The summed E-state index contributed by atoms with van der Waals surface area (Å²) in [6, 6.07) is 18.1. The SMILES string of the molecule is COc1ccc(S(=O)(=O)N(CC(=O)N(Cc2ccc(Cl)cc2)[C@@H](C)C(=O)NCC(C)C)c2cccc(Cl)c2)cc1. The van der Waals surface area contributed by atoms with E-state index in [4.69, 9.17) is 27.9 Å². The van der Waals surface area contributed by atoms with Crippen LogP contribution in [0.25, 0.3) is 0 Å². The summed E-state index contributed by atoms with van der Waals surface area (Å²) in [7, 11) is -2.74. The van der Waals surface area contributed by atoms with E-state index in [1.807, 2.05) is 13.8 Å². The number of carbonyl (C=O) groups excluding carboxylic acids is 2. The fraction of sp³-hybridized carbons (Fsp3) is 0.310. The van der Waals surface area contributed by atoms with Gasteiger partial charge in [-0.1, -0.05) is 55.2 Å². The van der Waals surface area contributed by atoms with Crippen LogP contribution >= 0.6 is 23.2 Å². The Morgan fingerprint density at radius 3 is 2.15 bits per heavy atom. The summed E-state index contributed by atoms with van der Waals surface area (Å²) in [5.74, 6) is -0.216. The summed E-state index contributed by atoms with van der Waals surface area (Å²) < 4.78 is 33.9. The smallest absolute Gasteiger partial charge is 0.264 e. The van der Waals surface area contributed by atoms with E-state index in [1.54, 1.807) is 49.4 Å². The van der Waals surface area contributed by atoms with Crippen LogP contribution in [0, 0.1) is 5.92 Å². The van der Waals surface area contributed by atoms with E-state index in [2.05, 4.69) is 5.32 Å². The van der Waals surface area contributed by atoms with Gasteiger partial charge in [0.05, 0.1) is 17.7 Å². The third kappa shape index (κ3) is 8.13. The summed E-state index contributed by atoms with van der Waals surface area (Å²) in [6.45, 7) is 5.49. The number of anilines is 1. The first-order chi connectivity index (χ1) is 18.9. The summed E-state index contributed by atoms with van der Waals surface area (Å²) in [5.41, 5.74) is 0.939. The maximum atomic E-state index is 13.9. The van der Waals surface area contributed by atoms with Crippen molar-refractivity contribution in [1.29, 1.82) is 0 Å². The molecule has 0 fully saturated rings. The second-order valence-electron chi connectivity index (χ2n) is 9.63. The highest BCUT2D eigenvalue weighted by Crippen LogP contribution is 2.28. The Morgan fingerprint density at radius 1 is 0.925 bits per heavy atom. The Bertz CT molecular complexity index is 1410. The number of rotatable bonds is 12. The number of methoxy groups -OCH3 is 1. The molecule has 8 nitrogen and oxygen atoms in total. The predicted octanol–water partition coefficient (Wildman–Crippen LogP) is 5.39. The molecular formula is C29H33Cl2N3O5S. The molecule has 0 radical (unpaired) electrons. The molecule has 0 aliphatic carbocycles. The molecule has 0 spiro atoms. The van der Waals surface area contributed by atoms with Gasteiger partial charge < -0.3 is 15.0 Å². The molecule has 3 aromatic rings. The van der Waals surface area contributed by atoms with Crippen molar-refractivity contribution < 1.29 is 22.7 Å². The third-order valence-electron chi connectivity index (χ3n) is 6.14. The Morgan fingerprint density at radius 2 is 1.57 bits per heavy atom. The topological polar surface area (TPSA) is 96.0 Å². The number of hydrogen-bond donors (Lipinski definition) is 1. The number of sulfonamides is 1. The van der Waals surface area contributed by atoms with Gasteiger partial charge in [0.1, 0.15) is 18.3 Å². The van der Waals surface area contributed by atoms with Gasteiger partial charge >= 0.3 is 0 Å². The quantitative estimate of drug-likeness (QED) is 0.299. The Hall–Kier alpha value is -3.27. The monoisotopic (exact) mass is 605 g/mol. The van der Waals surface area contributed by atoms with Crippen molar-refractivity contribution in [3.05, 3.63) is 88.4 Å². The van der Waals surface area contributed by atoms with E-state index in [0.29, 0.717) is 22.3 Å². The molecule has 0 aromatic heterocycles. The minimum atomic E-state index is -4.22. The molecule has 1 N–H and O–H groups in total. The minimum absolute atomic E-state index is 0.0342. The molecule has 3 rings (SSSR count). The van der Waals surface area contributed by atoms with Crippen molar-refractivity contribution in [2.24, 2.45) is 5.92 Å². The van der Waals surface area contributed by atoms with Crippen LogP contribution < -0.4 is 14.4 Å². The lowest BCUT2D eigenvalue weighted by Gasteiger charge is -2.32. The number of hydrogen-bond acceptors (Lipinski definition) is 5. The molecule has 11 heteroatoms. The number of nitrogens with zero attached hydrogens (tertiary/aromatic N) is 2. The lowest BCUT2D eigenvalue weighted by atomic mass is 10.1. The zero-order chi connectivity index (χ0) is 29.4. The molecule has 0 saturated carbocycles. The predicted molar refractivity (Wildman–Crippen MR) is 158 cm³/mol. The average molecular weight is 607 g/mol. The molecule has 1 atom stereocenters. The second kappa shape index (κ2) is 13.9. The average Bonchev–Trinajstić information content (AvgIpc) is 2.93. The van der Waals surface area contributed by atoms with Crippen LogP contribution in [0.15, 0.2) is 77.7 Å². The number of benzene rings is 3. The van der Waals surface area contributed by atoms with E-state index >= 15 is 0 Å². The summed E-state index contributed by atoms with van der Waals surface area (Å²) >= 11 is 12.2. The lowest BCUT2D eigenvalue weighted by molar-refractivity contribution is -0.139. The molecule has 0 aliphatic heterocycles. The van der Waals surface area contributed by atoms with Gasteiger partial charge in [-0.2, -0.15) is 0 Å². The van der Waals surface area contributed by atoms with E-state index < -0.39 is 28.5 Å². The van der Waals surface area contributed by atoms with Crippen molar-refractivity contribution in [3.63, 3.8) is 0 Å². The normalized spacial score (nSPS) is 12.1. The van der Waals surface area contributed by atoms with Crippen LogP contribution in [0.3, 0.4) is 0 Å². The zero-order valence-electron chi connectivity index (χ0n) is 22.8. The molecule has 3 aromatic carbocycles. The van der Waals surface area contributed by atoms with Crippen LogP contribution in [0.2, 0.25) is 10.0 Å². The standard InChI is InChI=1S/C29H33Cl2N3O5S/c1-20(2)17-32-29(36)21(3)33(18-22-8-10-23(30)11-9-22)28(35)19-34(25-7-5-6-24(31)16-25)40(37,38)27-14-12-26(39-4)13-15-27/h5-16,20-21H,17-19H2,1-4H3,(H,32,36)/t21-/m0/s1. The minimum Gasteiger partial charge on any atom is -0.497 e. The van der Waals surface area contributed by atoms with Gasteiger partial charge in [-0.05, 0) is 73.0 Å². The van der Waals surface area contributed by atoms with E-state index in [-0.39, 0.29) is 29.0 Å². The van der Waals surface area contributed by atoms with Crippen molar-refractivity contribution in [3.8, 4) is 5.75 Å². The number of ether oxygens (including phenoxy) is 1. The molecule has 0 aliphatic rings. The third-order valence-corrected chi connectivity index (χ3v) is 8.42. The summed E-state index contributed by atoms with van der Waals surface area (Å²) in [5, 5.41) is 3.69. The van der Waals surface area contributed by atoms with Gasteiger partial charge in [-0.15, -0.1) is 0 Å². The Labute approximate surface area is 245 Å².